The second-order valence-corrected chi connectivity index (χ2v) is 22.5. The molecular weight excluding hydrogens is 1190 g/mol. The minimum absolute atomic E-state index is 0.00350. The van der Waals surface area contributed by atoms with Crippen molar-refractivity contribution in [2.75, 3.05) is 13.2 Å². The first-order valence-corrected chi connectivity index (χ1v) is 30.7. The van der Waals surface area contributed by atoms with Gasteiger partial charge >= 0.3 is 23.9 Å². The first-order valence-electron chi connectivity index (χ1n) is 30.7. The largest absolute Gasteiger partial charge is 0.459 e. The number of hydrogen-bond donors (Lipinski definition) is 2. The summed E-state index contributed by atoms with van der Waals surface area (Å²) in [4.78, 5) is 57.4. The maximum absolute atomic E-state index is 14.6. The third-order valence-corrected chi connectivity index (χ3v) is 15.9. The van der Waals surface area contributed by atoms with Crippen LogP contribution in [0.3, 0.4) is 0 Å². The van der Waals surface area contributed by atoms with Crippen LogP contribution in [-0.2, 0) is 88.0 Å². The Labute approximate surface area is 538 Å². The van der Waals surface area contributed by atoms with Crippen molar-refractivity contribution in [3.05, 3.63) is 287 Å². The fraction of sp³-hybridized carbons (Fsp3) is 0.297. The molecule has 0 aromatic heterocycles. The van der Waals surface area contributed by atoms with E-state index in [4.69, 9.17) is 61.6 Å². The predicted octanol–water partition coefficient (Wildman–Crippen LogP) is 9.81. The van der Waals surface area contributed by atoms with Crippen LogP contribution in [0.4, 0.5) is 0 Å². The number of rotatable bonds is 26. The lowest BCUT2D eigenvalue weighted by atomic mass is 9.95. The second-order valence-electron chi connectivity index (χ2n) is 22.5. The van der Waals surface area contributed by atoms with Crippen molar-refractivity contribution in [2.45, 2.75) is 125 Å². The van der Waals surface area contributed by atoms with Gasteiger partial charge < -0.3 is 71.8 Å². The van der Waals surface area contributed by atoms with E-state index in [-0.39, 0.29) is 55.3 Å². The molecule has 3 saturated heterocycles. The van der Waals surface area contributed by atoms with Gasteiger partial charge in [0, 0.05) is 0 Å². The number of aliphatic hydroxyl groups is 2. The Morgan fingerprint density at radius 1 is 0.344 bits per heavy atom. The van der Waals surface area contributed by atoms with Crippen molar-refractivity contribution in [3.8, 4) is 0 Å². The van der Waals surface area contributed by atoms with Crippen LogP contribution >= 0.6 is 0 Å². The summed E-state index contributed by atoms with van der Waals surface area (Å²) in [7, 11) is 0. The van der Waals surface area contributed by atoms with E-state index in [0.717, 1.165) is 22.3 Å². The highest BCUT2D eigenvalue weighted by Crippen LogP contribution is 2.38. The Bertz CT molecular complexity index is 3580. The second kappa shape index (κ2) is 32.7. The Hall–Kier alpha value is -8.80. The van der Waals surface area contributed by atoms with E-state index in [2.05, 4.69) is 0 Å². The first-order chi connectivity index (χ1) is 45.5. The summed E-state index contributed by atoms with van der Waals surface area (Å²) >= 11 is 0. The Morgan fingerprint density at radius 2 is 0.688 bits per heavy atom. The number of esters is 4. The van der Waals surface area contributed by atoms with Gasteiger partial charge in [0.2, 0.25) is 0 Å². The SMILES string of the molecule is C[C@@H]1O[C@@H](O)[C@H](O[C@H]2O[C@H](COCc3ccccc3)[C@H](OCc3ccccc3)[C@H](OCc3ccccc3)[C@H]2OCc2ccccc2)[C@H](O[C@@H]2O[C@H](COC(=O)c3ccccc3)[C@H](OC(=O)c3ccccc3)[C@H](OC(=O)c3ccccc3)[C@H]2OC(=O)c2ccccc2)[C@H]1O. The molecule has 93 heavy (non-hydrogen) atoms. The number of carbonyl (C=O) groups is 4. The highest BCUT2D eigenvalue weighted by Gasteiger charge is 2.58. The smallest absolute Gasteiger partial charge is 0.338 e. The minimum atomic E-state index is -1.96. The molecule has 0 bridgehead atoms. The number of aliphatic hydroxyl groups excluding tert-OH is 2. The van der Waals surface area contributed by atoms with Crippen molar-refractivity contribution < 1.29 is 91.0 Å². The van der Waals surface area contributed by atoms with Crippen LogP contribution in [0, 0.1) is 0 Å². The number of carbonyl (C=O) groups excluding carboxylic acids is 4. The van der Waals surface area contributed by atoms with Gasteiger partial charge in [0.1, 0.15) is 55.4 Å². The molecule has 15 atom stereocenters. The van der Waals surface area contributed by atoms with Crippen LogP contribution in [0.15, 0.2) is 243 Å². The molecule has 0 unspecified atom stereocenters. The molecule has 3 fully saturated rings. The fourth-order valence-corrected chi connectivity index (χ4v) is 11.1. The van der Waals surface area contributed by atoms with Gasteiger partial charge in [0.05, 0.1) is 61.4 Å². The molecule has 2 N–H and O–H groups in total. The molecule has 3 aliphatic rings. The molecule has 19 heteroatoms. The lowest BCUT2D eigenvalue weighted by molar-refractivity contribution is -0.391. The predicted molar refractivity (Wildman–Crippen MR) is 334 cm³/mol. The van der Waals surface area contributed by atoms with Crippen molar-refractivity contribution in [2.24, 2.45) is 0 Å². The third-order valence-electron chi connectivity index (χ3n) is 15.9. The standard InChI is InChI=1S/C74H72O19/c1-48-59(75)62(92-74-67(91-71(79)56-40-24-9-25-41-56)64(90-70(78)55-38-22-8-23-39-55)61(89-69(77)54-36-20-7-21-37-54)58(88-74)47-85-68(76)53-34-18-6-19-35-53)65(72(80)86-48)93-73-66(84-45-52-32-16-5-17-33-52)63(83-44-51-30-14-4-15-31-51)60(82-43-50-28-12-3-13-29-50)57(87-73)46-81-42-49-26-10-2-11-27-49/h2-41,48,57-67,72-75,80H,42-47H2,1H3/t48-,57+,58+,59-,60-,61-,62+,63-,64-,65+,66+,67+,72+,73+,74-/m0/s1. The van der Waals surface area contributed by atoms with Crippen LogP contribution < -0.4 is 0 Å². The molecule has 0 amide bonds. The van der Waals surface area contributed by atoms with Gasteiger partial charge in [-0.2, -0.15) is 0 Å². The van der Waals surface area contributed by atoms with Crippen molar-refractivity contribution in [3.63, 3.8) is 0 Å². The van der Waals surface area contributed by atoms with E-state index in [9.17, 15) is 29.4 Å². The van der Waals surface area contributed by atoms with E-state index in [1.807, 2.05) is 121 Å². The van der Waals surface area contributed by atoms with E-state index in [1.54, 1.807) is 72.8 Å². The van der Waals surface area contributed by atoms with Gasteiger partial charge in [-0.1, -0.05) is 194 Å². The summed E-state index contributed by atoms with van der Waals surface area (Å²) in [6.07, 6.45) is -23.0. The molecule has 8 aromatic rings. The molecule has 8 aromatic carbocycles. The zero-order chi connectivity index (χ0) is 64.3. The monoisotopic (exact) mass is 1260 g/mol. The van der Waals surface area contributed by atoms with Gasteiger partial charge in [-0.25, -0.2) is 19.2 Å². The number of hydrogen-bond acceptors (Lipinski definition) is 19. The topological polar surface area (TPSA) is 229 Å². The quantitative estimate of drug-likeness (QED) is 0.0380. The van der Waals surface area contributed by atoms with Gasteiger partial charge in [-0.15, -0.1) is 0 Å². The first kappa shape index (κ1) is 65.7. The zero-order valence-electron chi connectivity index (χ0n) is 50.8. The average molecular weight is 1270 g/mol. The Balaban J connectivity index is 0.996. The summed E-state index contributed by atoms with van der Waals surface area (Å²) < 4.78 is 86.0. The molecule has 0 saturated carbocycles. The lowest BCUT2D eigenvalue weighted by Gasteiger charge is -2.50. The maximum Gasteiger partial charge on any atom is 0.338 e. The van der Waals surface area contributed by atoms with Crippen LogP contribution in [0.25, 0.3) is 0 Å². The summed E-state index contributed by atoms with van der Waals surface area (Å²) in [6, 6.07) is 70.0. The van der Waals surface area contributed by atoms with Crippen LogP contribution in [0.1, 0.15) is 70.6 Å². The Kier molecular flexibility index (Phi) is 23.1. The lowest BCUT2D eigenvalue weighted by Crippen LogP contribution is -2.67. The fourth-order valence-electron chi connectivity index (χ4n) is 11.1. The highest BCUT2D eigenvalue weighted by atomic mass is 16.8. The van der Waals surface area contributed by atoms with Gasteiger partial charge in [0.25, 0.3) is 0 Å². The van der Waals surface area contributed by atoms with Crippen LogP contribution in [-0.4, -0.2) is 139 Å². The molecule has 0 spiro atoms. The molecule has 3 heterocycles. The average Bonchev–Trinajstić information content (AvgIpc) is 0.805. The third kappa shape index (κ3) is 17.5. The number of benzene rings is 8. The summed E-state index contributed by atoms with van der Waals surface area (Å²) in [5.41, 5.74) is 3.71. The highest BCUT2D eigenvalue weighted by molar-refractivity contribution is 5.91. The van der Waals surface area contributed by atoms with E-state index < -0.39 is 123 Å². The zero-order valence-corrected chi connectivity index (χ0v) is 50.8. The molecule has 0 aliphatic carbocycles. The van der Waals surface area contributed by atoms with Crippen LogP contribution in [0.2, 0.25) is 0 Å². The Morgan fingerprint density at radius 3 is 1.14 bits per heavy atom. The molecule has 19 nitrogen and oxygen atoms in total. The van der Waals surface area contributed by atoms with Crippen LogP contribution in [0.5, 0.6) is 0 Å². The molecule has 0 radical (unpaired) electrons. The molecule has 3 aliphatic heterocycles. The van der Waals surface area contributed by atoms with Gasteiger partial charge in [-0.3, -0.25) is 0 Å². The van der Waals surface area contributed by atoms with Gasteiger partial charge in [-0.05, 0) is 77.7 Å². The summed E-state index contributed by atoms with van der Waals surface area (Å²) in [5.74, 6) is -3.63. The van der Waals surface area contributed by atoms with E-state index in [0.29, 0.717) is 0 Å². The van der Waals surface area contributed by atoms with Crippen molar-refractivity contribution in [1.29, 1.82) is 0 Å². The van der Waals surface area contributed by atoms with Crippen molar-refractivity contribution >= 4 is 23.9 Å². The summed E-state index contributed by atoms with van der Waals surface area (Å²) in [5, 5.41) is 25.0. The minimum Gasteiger partial charge on any atom is -0.459 e. The van der Waals surface area contributed by atoms with E-state index >= 15 is 0 Å². The normalized spacial score (nSPS) is 26.0. The van der Waals surface area contributed by atoms with Crippen molar-refractivity contribution in [1.82, 2.24) is 0 Å². The maximum atomic E-state index is 14.6. The van der Waals surface area contributed by atoms with E-state index in [1.165, 1.54) is 55.5 Å². The molecule has 482 valence electrons. The van der Waals surface area contributed by atoms with Gasteiger partial charge in [0.15, 0.2) is 37.2 Å². The molecule has 11 rings (SSSR count). The molecular formula is C74H72O19. The number of ether oxygens (including phenoxy) is 13. The summed E-state index contributed by atoms with van der Waals surface area (Å²) in [6.45, 7) is 1.13.